The van der Waals surface area contributed by atoms with Crippen LogP contribution < -0.4 is 19.5 Å². The molecule has 0 aliphatic carbocycles. The number of ether oxygens (including phenoxy) is 4. The molecule has 0 aliphatic heterocycles. The molecular weight excluding hydrogens is 386 g/mol. The van der Waals surface area contributed by atoms with Crippen LogP contribution in [0.1, 0.15) is 17.4 Å². The van der Waals surface area contributed by atoms with E-state index in [0.29, 0.717) is 17.2 Å². The molecule has 1 heterocycles. The summed E-state index contributed by atoms with van der Waals surface area (Å²) in [4.78, 5) is 24.1. The zero-order valence-corrected chi connectivity index (χ0v) is 16.8. The van der Waals surface area contributed by atoms with Crippen LogP contribution in [-0.2, 0) is 16.3 Å². The lowest BCUT2D eigenvalue weighted by Gasteiger charge is -2.14. The monoisotopic (exact) mass is 409 g/mol. The fourth-order valence-electron chi connectivity index (χ4n) is 2.30. The van der Waals surface area contributed by atoms with E-state index in [4.69, 9.17) is 18.9 Å². The minimum atomic E-state index is -0.852. The Hall–Kier alpha value is -2.88. The molecule has 1 aromatic heterocycles. The number of carbonyl (C=O) groups is 2. The third-order valence-corrected chi connectivity index (χ3v) is 4.02. The Balaban J connectivity index is 2.03. The minimum absolute atomic E-state index is 0.0257. The Bertz CT molecular complexity index is 788. The molecule has 0 bridgehead atoms. The largest absolute Gasteiger partial charge is 0.493 e. The number of rotatable bonds is 10. The van der Waals surface area contributed by atoms with Crippen molar-refractivity contribution in [3.63, 3.8) is 0 Å². The van der Waals surface area contributed by atoms with Crippen molar-refractivity contribution in [2.24, 2.45) is 0 Å². The van der Waals surface area contributed by atoms with Gasteiger partial charge in [-0.2, -0.15) is 17.7 Å². The van der Waals surface area contributed by atoms with Gasteiger partial charge in [-0.1, -0.05) is 6.07 Å². The van der Waals surface area contributed by atoms with Crippen LogP contribution in [-0.4, -0.2) is 54.3 Å². The fourth-order valence-corrected chi connectivity index (χ4v) is 2.54. The van der Waals surface area contributed by atoms with E-state index in [1.165, 1.54) is 25.0 Å². The molecule has 0 saturated heterocycles. The van der Waals surface area contributed by atoms with Gasteiger partial charge in [0, 0.05) is 11.9 Å². The fraction of sp³-hybridized carbons (Fsp3) is 0.389. The maximum absolute atomic E-state index is 12.3. The van der Waals surface area contributed by atoms with Crippen molar-refractivity contribution in [3.05, 3.63) is 36.2 Å². The normalized spacial score (nSPS) is 11.4. The summed E-state index contributed by atoms with van der Waals surface area (Å²) in [6.07, 6.45) is 1.58. The summed E-state index contributed by atoms with van der Waals surface area (Å²) in [5, 5.41) is 6.69. The number of nitrogens with zero attached hydrogens (tertiary/aromatic N) is 2. The predicted octanol–water partition coefficient (Wildman–Crippen LogP) is 1.53. The molecule has 0 saturated carbocycles. The molecular formula is C18H23N3O6S. The lowest BCUT2D eigenvalue weighted by molar-refractivity contribution is -0.144. The number of methoxy groups -OCH3 is 2. The molecule has 0 unspecified atom stereocenters. The van der Waals surface area contributed by atoms with Crippen LogP contribution in [0.5, 0.6) is 17.2 Å². The molecule has 0 aliphatic rings. The number of thiol groups is 1. The Morgan fingerprint density at radius 2 is 1.89 bits per heavy atom. The second-order valence-electron chi connectivity index (χ2n) is 5.47. The van der Waals surface area contributed by atoms with Gasteiger partial charge in [0.2, 0.25) is 5.75 Å². The highest BCUT2D eigenvalue weighted by molar-refractivity contribution is 7.80. The zero-order chi connectivity index (χ0) is 20.5. The molecule has 1 N–H and O–H groups in total. The first-order valence-electron chi connectivity index (χ1n) is 8.49. The van der Waals surface area contributed by atoms with Crippen LogP contribution in [0.25, 0.3) is 0 Å². The summed E-state index contributed by atoms with van der Waals surface area (Å²) in [7, 11) is 3.05. The van der Waals surface area contributed by atoms with E-state index in [2.05, 4.69) is 23.0 Å². The Morgan fingerprint density at radius 3 is 2.46 bits per heavy atom. The molecule has 28 heavy (non-hydrogen) atoms. The maximum Gasteiger partial charge on any atom is 0.329 e. The van der Waals surface area contributed by atoms with Gasteiger partial charge in [-0.05, 0) is 25.1 Å². The van der Waals surface area contributed by atoms with Crippen LogP contribution >= 0.6 is 12.6 Å². The van der Waals surface area contributed by atoms with Crippen molar-refractivity contribution < 1.29 is 28.5 Å². The maximum atomic E-state index is 12.3. The van der Waals surface area contributed by atoms with Crippen molar-refractivity contribution in [2.45, 2.75) is 19.7 Å². The zero-order valence-electron chi connectivity index (χ0n) is 15.9. The molecule has 0 spiro atoms. The predicted molar refractivity (Wildman–Crippen MR) is 104 cm³/mol. The lowest BCUT2D eigenvalue weighted by atomic mass is 10.3. The van der Waals surface area contributed by atoms with Crippen molar-refractivity contribution in [3.8, 4) is 17.2 Å². The number of aromatic nitrogens is 2. The van der Waals surface area contributed by atoms with Gasteiger partial charge in [-0.25, -0.2) is 9.48 Å². The number of nitrogens with one attached hydrogen (secondary N) is 1. The third kappa shape index (κ3) is 5.32. The molecule has 1 atom stereocenters. The number of carbonyl (C=O) groups excluding carboxylic acids is 2. The lowest BCUT2D eigenvalue weighted by Crippen LogP contribution is -2.43. The molecule has 2 aromatic rings. The van der Waals surface area contributed by atoms with E-state index in [1.807, 2.05) is 0 Å². The first kappa shape index (κ1) is 21.4. The Labute approximate surface area is 168 Å². The number of amides is 1. The smallest absolute Gasteiger partial charge is 0.329 e. The molecule has 152 valence electrons. The van der Waals surface area contributed by atoms with Gasteiger partial charge in [0.1, 0.15) is 11.7 Å². The summed E-state index contributed by atoms with van der Waals surface area (Å²) in [6.45, 7) is 1.93. The van der Waals surface area contributed by atoms with Crippen LogP contribution in [0, 0.1) is 0 Å². The summed E-state index contributed by atoms with van der Waals surface area (Å²) in [5.74, 6) is 0.497. The highest BCUT2D eigenvalue weighted by Crippen LogP contribution is 2.36. The molecule has 9 nitrogen and oxygen atoms in total. The van der Waals surface area contributed by atoms with Gasteiger partial charge in [-0.3, -0.25) is 4.79 Å². The summed E-state index contributed by atoms with van der Waals surface area (Å²) < 4.78 is 22.6. The van der Waals surface area contributed by atoms with Crippen LogP contribution in [0.2, 0.25) is 0 Å². The van der Waals surface area contributed by atoms with Gasteiger partial charge in [-0.15, -0.1) is 0 Å². The van der Waals surface area contributed by atoms with E-state index in [-0.39, 0.29) is 24.8 Å². The first-order chi connectivity index (χ1) is 13.5. The molecule has 1 amide bonds. The van der Waals surface area contributed by atoms with E-state index < -0.39 is 17.9 Å². The van der Waals surface area contributed by atoms with Crippen LogP contribution in [0.4, 0.5) is 0 Å². The number of benzene rings is 1. The second-order valence-corrected chi connectivity index (χ2v) is 5.83. The summed E-state index contributed by atoms with van der Waals surface area (Å²) in [5.41, 5.74) is 0.131. The van der Waals surface area contributed by atoms with E-state index in [0.717, 1.165) is 0 Å². The minimum Gasteiger partial charge on any atom is -0.493 e. The van der Waals surface area contributed by atoms with Gasteiger partial charge in [0.25, 0.3) is 5.91 Å². The third-order valence-electron chi connectivity index (χ3n) is 3.66. The van der Waals surface area contributed by atoms with Crippen molar-refractivity contribution in [1.82, 2.24) is 15.1 Å². The second kappa shape index (κ2) is 10.5. The van der Waals surface area contributed by atoms with Gasteiger partial charge in [0.15, 0.2) is 18.2 Å². The number of para-hydroxylation sites is 1. The Morgan fingerprint density at radius 1 is 1.21 bits per heavy atom. The number of esters is 1. The van der Waals surface area contributed by atoms with Crippen LogP contribution in [0.3, 0.4) is 0 Å². The quantitative estimate of drug-likeness (QED) is 0.453. The molecule has 10 heteroatoms. The first-order valence-corrected chi connectivity index (χ1v) is 9.12. The van der Waals surface area contributed by atoms with Gasteiger partial charge in [0.05, 0.1) is 20.8 Å². The SMILES string of the molecule is CCOC(=O)[C@H](CS)NC(=O)c1ccn(COc2c(OC)cccc2OC)n1. The topological polar surface area (TPSA) is 101 Å². The molecule has 2 rings (SSSR count). The highest BCUT2D eigenvalue weighted by Gasteiger charge is 2.22. The average molecular weight is 409 g/mol. The summed E-state index contributed by atoms with van der Waals surface area (Å²) >= 11 is 4.07. The Kier molecular flexibility index (Phi) is 8.00. The van der Waals surface area contributed by atoms with Crippen molar-refractivity contribution in [1.29, 1.82) is 0 Å². The summed E-state index contributed by atoms with van der Waals surface area (Å²) in [6, 6.07) is 5.93. The van der Waals surface area contributed by atoms with Gasteiger partial charge < -0.3 is 24.3 Å². The average Bonchev–Trinajstić information content (AvgIpc) is 3.19. The van der Waals surface area contributed by atoms with Crippen molar-refractivity contribution in [2.75, 3.05) is 26.6 Å². The van der Waals surface area contributed by atoms with Crippen molar-refractivity contribution >= 4 is 24.5 Å². The number of hydrogen-bond donors (Lipinski definition) is 2. The number of hydrogen-bond acceptors (Lipinski definition) is 8. The molecule has 0 fully saturated rings. The highest BCUT2D eigenvalue weighted by atomic mass is 32.1. The molecule has 0 radical (unpaired) electrons. The van der Waals surface area contributed by atoms with E-state index in [9.17, 15) is 9.59 Å². The molecule has 1 aromatic carbocycles. The van der Waals surface area contributed by atoms with E-state index in [1.54, 1.807) is 31.3 Å². The van der Waals surface area contributed by atoms with Gasteiger partial charge >= 0.3 is 5.97 Å². The van der Waals surface area contributed by atoms with E-state index >= 15 is 0 Å². The van der Waals surface area contributed by atoms with Crippen LogP contribution in [0.15, 0.2) is 30.5 Å². The standard InChI is InChI=1S/C18H23N3O6S/c1-4-26-18(23)13(10-28)19-17(22)12-8-9-21(20-12)11-27-16-14(24-2)6-5-7-15(16)25-3/h5-9,13,28H,4,10-11H2,1-3H3,(H,19,22)/t13-/m0/s1.